The number of thioether (sulfide) groups is 1. The zero-order valence-electron chi connectivity index (χ0n) is 19.2. The number of aromatic nitrogens is 1. The number of hydrogen-bond donors (Lipinski definition) is 3. The number of ether oxygens (including phenoxy) is 3. The highest BCUT2D eigenvalue weighted by atomic mass is 32.2. The second-order valence-electron chi connectivity index (χ2n) is 7.49. The highest BCUT2D eigenvalue weighted by molar-refractivity contribution is 8.14. The van der Waals surface area contributed by atoms with Gasteiger partial charge in [0.1, 0.15) is 17.4 Å². The Morgan fingerprint density at radius 1 is 1.41 bits per heavy atom. The lowest BCUT2D eigenvalue weighted by molar-refractivity contribution is -0.169. The largest absolute Gasteiger partial charge is 0.489 e. The second kappa shape index (κ2) is 11.6. The van der Waals surface area contributed by atoms with Gasteiger partial charge in [-0.05, 0) is 27.2 Å². The van der Waals surface area contributed by atoms with Gasteiger partial charge in [-0.25, -0.2) is 4.99 Å². The molecule has 10 heteroatoms. The minimum atomic E-state index is -1.47. The van der Waals surface area contributed by atoms with Crippen molar-refractivity contribution in [3.05, 3.63) is 40.8 Å². The first kappa shape index (κ1) is 26.1. The first-order valence-electron chi connectivity index (χ1n) is 10.8. The Morgan fingerprint density at radius 3 is 2.69 bits per heavy atom. The molecule has 32 heavy (non-hydrogen) atoms. The number of H-pyrrole nitrogens is 1. The summed E-state index contributed by atoms with van der Waals surface area (Å²) in [4.78, 5) is 32.6. The van der Waals surface area contributed by atoms with Gasteiger partial charge in [-0.15, -0.1) is 11.8 Å². The molecular formula is C22H34N4O5S. The molecule has 0 aliphatic carbocycles. The van der Waals surface area contributed by atoms with E-state index in [2.05, 4.69) is 21.9 Å². The van der Waals surface area contributed by atoms with Crippen molar-refractivity contribution in [2.75, 3.05) is 25.6 Å². The van der Waals surface area contributed by atoms with Gasteiger partial charge >= 0.3 is 0 Å². The van der Waals surface area contributed by atoms with Crippen LogP contribution in [0.4, 0.5) is 0 Å². The fourth-order valence-corrected chi connectivity index (χ4v) is 4.49. The third kappa shape index (κ3) is 6.44. The molecule has 4 N–H and O–H groups in total. The lowest BCUT2D eigenvalue weighted by atomic mass is 10.1. The smallest absolute Gasteiger partial charge is 0.264 e. The Bertz CT molecular complexity index is 881. The van der Waals surface area contributed by atoms with E-state index in [0.717, 1.165) is 6.42 Å². The molecule has 1 aromatic rings. The molecule has 2 heterocycles. The average Bonchev–Trinajstić information content (AvgIpc) is 3.16. The average molecular weight is 467 g/mol. The summed E-state index contributed by atoms with van der Waals surface area (Å²) in [5.41, 5.74) is 5.14. The van der Waals surface area contributed by atoms with Gasteiger partial charge in [-0.1, -0.05) is 26.0 Å². The molecule has 178 valence electrons. The molecule has 0 radical (unpaired) electrons. The number of nitrogens with two attached hydrogens (primary N) is 1. The molecule has 1 aliphatic rings. The number of nitrogens with one attached hydrogen (secondary N) is 2. The van der Waals surface area contributed by atoms with Gasteiger partial charge in [0.05, 0.1) is 6.04 Å². The van der Waals surface area contributed by atoms with E-state index >= 15 is 0 Å². The molecule has 2 atom stereocenters. The number of aromatic amines is 1. The van der Waals surface area contributed by atoms with E-state index in [0.29, 0.717) is 36.1 Å². The number of nitrogens with zero attached hydrogens (tertiary/aromatic N) is 1. The Hall–Kier alpha value is -2.14. The van der Waals surface area contributed by atoms with Gasteiger partial charge in [0.25, 0.3) is 11.5 Å². The molecule has 2 rings (SSSR count). The summed E-state index contributed by atoms with van der Waals surface area (Å²) in [5, 5.41) is 3.48. The summed E-state index contributed by atoms with van der Waals surface area (Å²) in [6.07, 6.45) is 2.97. The summed E-state index contributed by atoms with van der Waals surface area (Å²) in [5.74, 6) is -0.836. The van der Waals surface area contributed by atoms with Crippen LogP contribution in [0.1, 0.15) is 52.3 Å². The lowest BCUT2D eigenvalue weighted by Crippen LogP contribution is -2.54. The third-order valence-corrected chi connectivity index (χ3v) is 6.14. The highest BCUT2D eigenvalue weighted by Crippen LogP contribution is 2.33. The van der Waals surface area contributed by atoms with Crippen LogP contribution in [0.5, 0.6) is 5.75 Å². The van der Waals surface area contributed by atoms with Gasteiger partial charge in [0, 0.05) is 36.8 Å². The van der Waals surface area contributed by atoms with Crippen LogP contribution >= 0.6 is 11.8 Å². The molecule has 0 bridgehead atoms. The van der Waals surface area contributed by atoms with Crippen LogP contribution in [-0.4, -0.2) is 53.0 Å². The maximum Gasteiger partial charge on any atom is 0.264 e. The second-order valence-corrected chi connectivity index (χ2v) is 8.46. The predicted molar refractivity (Wildman–Crippen MR) is 127 cm³/mol. The van der Waals surface area contributed by atoms with Gasteiger partial charge in [0.2, 0.25) is 5.79 Å². The fraction of sp³-hybridized carbons (Fsp3) is 0.591. The lowest BCUT2D eigenvalue weighted by Gasteiger charge is -2.28. The Morgan fingerprint density at radius 2 is 2.09 bits per heavy atom. The molecular weight excluding hydrogens is 432 g/mol. The molecule has 1 aromatic heterocycles. The fourth-order valence-electron chi connectivity index (χ4n) is 3.33. The van der Waals surface area contributed by atoms with Crippen LogP contribution in [0.15, 0.2) is 34.6 Å². The molecule has 0 unspecified atom stereocenters. The number of carbonyl (C=O) groups is 1. The van der Waals surface area contributed by atoms with Crippen LogP contribution in [0, 0.1) is 0 Å². The van der Waals surface area contributed by atoms with E-state index < -0.39 is 23.4 Å². The van der Waals surface area contributed by atoms with Crippen molar-refractivity contribution in [2.24, 2.45) is 10.7 Å². The van der Waals surface area contributed by atoms with Crippen molar-refractivity contribution in [1.29, 1.82) is 0 Å². The summed E-state index contributed by atoms with van der Waals surface area (Å²) in [6.45, 7) is 12.2. The SMILES string of the molecule is C=CCOc1cc([C@@H](CCC)NC(=O)[C@]2(N)CSC(C(C)(OCC)OCC)=N2)[nH]c(=O)c1. The standard InChI is InChI=1S/C22H34N4O5S/c1-6-10-16(17-12-15(29-11-7-2)13-18(27)24-17)25-19(28)22(23)14-32-20(26-22)21(5,30-8-3)31-9-4/h7,12-13,16H,2,6,8-11,14,23H2,1,3-5H3,(H,24,27)(H,25,28)/t16-,22+/m1/s1. The van der Waals surface area contributed by atoms with E-state index in [4.69, 9.17) is 19.9 Å². The number of aliphatic imine (C=N–C) groups is 1. The summed E-state index contributed by atoms with van der Waals surface area (Å²) < 4.78 is 17.0. The van der Waals surface area contributed by atoms with Crippen LogP contribution in [0.25, 0.3) is 0 Å². The van der Waals surface area contributed by atoms with Crippen molar-refractivity contribution >= 4 is 22.7 Å². The Balaban J connectivity index is 2.26. The molecule has 1 aliphatic heterocycles. The van der Waals surface area contributed by atoms with Gasteiger partial charge in [-0.2, -0.15) is 0 Å². The van der Waals surface area contributed by atoms with Crippen molar-refractivity contribution < 1.29 is 19.0 Å². The number of amides is 1. The number of pyridine rings is 1. The molecule has 0 aromatic carbocycles. The van der Waals surface area contributed by atoms with Crippen LogP contribution in [0.3, 0.4) is 0 Å². The Kier molecular flexibility index (Phi) is 9.50. The topological polar surface area (TPSA) is 128 Å². The predicted octanol–water partition coefficient (Wildman–Crippen LogP) is 2.49. The molecule has 0 saturated heterocycles. The highest BCUT2D eigenvalue weighted by Gasteiger charge is 2.46. The summed E-state index contributed by atoms with van der Waals surface area (Å²) in [7, 11) is 0. The quantitative estimate of drug-likeness (QED) is 0.301. The van der Waals surface area contributed by atoms with E-state index in [9.17, 15) is 9.59 Å². The zero-order chi connectivity index (χ0) is 23.8. The van der Waals surface area contributed by atoms with Crippen LogP contribution < -0.4 is 21.3 Å². The molecule has 0 saturated carbocycles. The van der Waals surface area contributed by atoms with Crippen molar-refractivity contribution in [3.63, 3.8) is 0 Å². The maximum atomic E-state index is 13.2. The maximum absolute atomic E-state index is 13.2. The van der Waals surface area contributed by atoms with E-state index in [-0.39, 0.29) is 17.9 Å². The van der Waals surface area contributed by atoms with Crippen LogP contribution in [0.2, 0.25) is 0 Å². The van der Waals surface area contributed by atoms with E-state index in [1.54, 1.807) is 19.1 Å². The molecule has 0 spiro atoms. The minimum Gasteiger partial charge on any atom is -0.489 e. The number of rotatable bonds is 13. The van der Waals surface area contributed by atoms with Gasteiger partial charge < -0.3 is 24.5 Å². The van der Waals surface area contributed by atoms with Gasteiger partial charge in [0.15, 0.2) is 5.66 Å². The van der Waals surface area contributed by atoms with Gasteiger partial charge in [-0.3, -0.25) is 15.3 Å². The first-order valence-corrected chi connectivity index (χ1v) is 11.8. The molecule has 9 nitrogen and oxygen atoms in total. The summed E-state index contributed by atoms with van der Waals surface area (Å²) in [6, 6.07) is 2.60. The monoisotopic (exact) mass is 466 g/mol. The van der Waals surface area contributed by atoms with Crippen molar-refractivity contribution in [3.8, 4) is 5.75 Å². The van der Waals surface area contributed by atoms with Crippen molar-refractivity contribution in [2.45, 2.75) is 58.0 Å². The number of hydrogen-bond acceptors (Lipinski definition) is 8. The Labute approximate surface area is 193 Å². The first-order chi connectivity index (χ1) is 15.2. The van der Waals surface area contributed by atoms with E-state index in [1.165, 1.54) is 17.8 Å². The zero-order valence-corrected chi connectivity index (χ0v) is 20.0. The number of carbonyl (C=O) groups excluding carboxylic acids is 1. The van der Waals surface area contributed by atoms with E-state index in [1.807, 2.05) is 20.8 Å². The molecule has 0 fully saturated rings. The van der Waals surface area contributed by atoms with Crippen molar-refractivity contribution in [1.82, 2.24) is 10.3 Å². The molecule has 1 amide bonds. The minimum absolute atomic E-state index is 0.252. The summed E-state index contributed by atoms with van der Waals surface area (Å²) >= 11 is 1.34. The van der Waals surface area contributed by atoms with Crippen LogP contribution in [-0.2, 0) is 14.3 Å². The third-order valence-electron chi connectivity index (χ3n) is 4.82. The normalized spacial score (nSPS) is 19.3.